The van der Waals surface area contributed by atoms with E-state index >= 15 is 0 Å². The van der Waals surface area contributed by atoms with Crippen LogP contribution < -0.4 is 10.6 Å². The number of esters is 1. The number of carbonyl (C=O) groups excluding carboxylic acids is 3. The minimum Gasteiger partial charge on any atom is -0.448 e. The number of ether oxygens (including phenoxy) is 1. The van der Waals surface area contributed by atoms with Gasteiger partial charge in [-0.2, -0.15) is 0 Å². The van der Waals surface area contributed by atoms with Crippen molar-refractivity contribution in [3.8, 4) is 0 Å². The van der Waals surface area contributed by atoms with E-state index < -0.39 is 24.0 Å². The third-order valence-electron chi connectivity index (χ3n) is 3.81. The molecule has 1 aliphatic rings. The average molecular weight is 338 g/mol. The summed E-state index contributed by atoms with van der Waals surface area (Å²) in [6.07, 6.45) is 5.71. The highest BCUT2D eigenvalue weighted by atomic mass is 32.1. The molecule has 0 aromatic carbocycles. The molecule has 0 saturated heterocycles. The highest BCUT2D eigenvalue weighted by Crippen LogP contribution is 2.29. The van der Waals surface area contributed by atoms with E-state index in [1.54, 1.807) is 0 Å². The van der Waals surface area contributed by atoms with Crippen LogP contribution in [0, 0.1) is 0 Å². The van der Waals surface area contributed by atoms with Crippen molar-refractivity contribution in [2.24, 2.45) is 0 Å². The Bertz CT molecular complexity index is 571. The molecule has 0 fully saturated rings. The van der Waals surface area contributed by atoms with Crippen LogP contribution in [0.3, 0.4) is 0 Å². The van der Waals surface area contributed by atoms with Gasteiger partial charge in [0.05, 0.1) is 0 Å². The van der Waals surface area contributed by atoms with Gasteiger partial charge in [0.2, 0.25) is 0 Å². The minimum atomic E-state index is -1.02. The van der Waals surface area contributed by atoms with Crippen LogP contribution in [0.15, 0.2) is 6.07 Å². The number of aryl methyl sites for hydroxylation is 2. The average Bonchev–Trinajstić information content (AvgIpc) is 2.89. The van der Waals surface area contributed by atoms with Crippen LogP contribution in [0.25, 0.3) is 0 Å². The van der Waals surface area contributed by atoms with Gasteiger partial charge in [-0.1, -0.05) is 12.8 Å². The monoisotopic (exact) mass is 338 g/mol. The van der Waals surface area contributed by atoms with Crippen molar-refractivity contribution in [2.45, 2.75) is 51.6 Å². The Labute approximate surface area is 139 Å². The number of urea groups is 1. The zero-order chi connectivity index (χ0) is 16.8. The summed E-state index contributed by atoms with van der Waals surface area (Å²) in [6.45, 7) is 1.44. The van der Waals surface area contributed by atoms with E-state index in [0.717, 1.165) is 25.7 Å². The maximum Gasteiger partial charge on any atom is 0.349 e. The predicted molar refractivity (Wildman–Crippen MR) is 87.7 cm³/mol. The van der Waals surface area contributed by atoms with Crippen molar-refractivity contribution < 1.29 is 19.1 Å². The Hall–Kier alpha value is -1.89. The van der Waals surface area contributed by atoms with E-state index in [9.17, 15) is 14.4 Å². The summed E-state index contributed by atoms with van der Waals surface area (Å²) in [5.74, 6) is -1.16. The van der Waals surface area contributed by atoms with E-state index in [-0.39, 0.29) is 0 Å². The molecule has 0 spiro atoms. The molecule has 1 atom stereocenters. The minimum absolute atomic E-state index is 0.513. The number of hydrogen-bond donors (Lipinski definition) is 2. The topological polar surface area (TPSA) is 84.5 Å². The molecule has 6 nitrogen and oxygen atoms in total. The fourth-order valence-electron chi connectivity index (χ4n) is 2.49. The van der Waals surface area contributed by atoms with Crippen LogP contribution >= 0.6 is 11.3 Å². The Morgan fingerprint density at radius 1 is 1.17 bits per heavy atom. The predicted octanol–water partition coefficient (Wildman–Crippen LogP) is 2.41. The van der Waals surface area contributed by atoms with Crippen LogP contribution in [0.4, 0.5) is 4.79 Å². The second kappa shape index (κ2) is 8.10. The largest absolute Gasteiger partial charge is 0.448 e. The summed E-state index contributed by atoms with van der Waals surface area (Å²) in [5, 5.41) is 4.36. The molecule has 0 saturated carbocycles. The standard InChI is InChI=1S/C16H22N2O4S/c1-10(14(19)18-16(21)17-2)22-15(20)13-9-11-7-5-3-4-6-8-12(11)23-13/h9-10H,3-8H2,1-2H3,(H2,17,18,19,21)/t10-/m1/s1. The molecule has 1 heterocycles. The molecule has 1 aromatic rings. The highest BCUT2D eigenvalue weighted by molar-refractivity contribution is 7.14. The van der Waals surface area contributed by atoms with Gasteiger partial charge >= 0.3 is 12.0 Å². The van der Waals surface area contributed by atoms with Gasteiger partial charge in [0.25, 0.3) is 5.91 Å². The number of hydrogen-bond acceptors (Lipinski definition) is 5. The van der Waals surface area contributed by atoms with Crippen LogP contribution in [-0.2, 0) is 22.4 Å². The van der Waals surface area contributed by atoms with Gasteiger partial charge in [0.15, 0.2) is 6.10 Å². The normalized spacial score (nSPS) is 15.6. The zero-order valence-corrected chi connectivity index (χ0v) is 14.3. The fraction of sp³-hybridized carbons (Fsp3) is 0.562. The third kappa shape index (κ3) is 4.79. The van der Waals surface area contributed by atoms with Crippen molar-refractivity contribution >= 4 is 29.2 Å². The Morgan fingerprint density at radius 2 is 1.87 bits per heavy atom. The van der Waals surface area contributed by atoms with Crippen molar-refractivity contribution in [3.05, 3.63) is 21.4 Å². The molecule has 7 heteroatoms. The number of rotatable bonds is 3. The second-order valence-electron chi connectivity index (χ2n) is 5.59. The molecule has 2 rings (SSSR count). The van der Waals surface area contributed by atoms with E-state index in [2.05, 4.69) is 10.6 Å². The summed E-state index contributed by atoms with van der Waals surface area (Å²) < 4.78 is 5.16. The maximum atomic E-state index is 12.2. The van der Waals surface area contributed by atoms with E-state index in [4.69, 9.17) is 4.74 Å². The number of amides is 3. The maximum absolute atomic E-state index is 12.2. The molecular formula is C16H22N2O4S. The van der Waals surface area contributed by atoms with Crippen molar-refractivity contribution in [2.75, 3.05) is 7.05 Å². The Morgan fingerprint density at radius 3 is 2.57 bits per heavy atom. The lowest BCUT2D eigenvalue weighted by Crippen LogP contribution is -2.43. The van der Waals surface area contributed by atoms with Crippen molar-refractivity contribution in [1.29, 1.82) is 0 Å². The van der Waals surface area contributed by atoms with Crippen molar-refractivity contribution in [1.82, 2.24) is 10.6 Å². The Kier molecular flexibility index (Phi) is 6.15. The van der Waals surface area contributed by atoms with Gasteiger partial charge in [-0.25, -0.2) is 9.59 Å². The fourth-order valence-corrected chi connectivity index (χ4v) is 3.63. The zero-order valence-electron chi connectivity index (χ0n) is 13.4. The lowest BCUT2D eigenvalue weighted by Gasteiger charge is -2.11. The summed E-state index contributed by atoms with van der Waals surface area (Å²) >= 11 is 1.45. The molecular weight excluding hydrogens is 316 g/mol. The van der Waals surface area contributed by atoms with Crippen LogP contribution in [-0.4, -0.2) is 31.1 Å². The van der Waals surface area contributed by atoms with Gasteiger partial charge in [-0.3, -0.25) is 10.1 Å². The molecule has 1 aliphatic carbocycles. The molecule has 23 heavy (non-hydrogen) atoms. The first-order valence-corrected chi connectivity index (χ1v) is 8.68. The Balaban J connectivity index is 1.99. The molecule has 1 aromatic heterocycles. The van der Waals surface area contributed by atoms with Gasteiger partial charge < -0.3 is 10.1 Å². The molecule has 0 unspecified atom stereocenters. The highest BCUT2D eigenvalue weighted by Gasteiger charge is 2.23. The van der Waals surface area contributed by atoms with Gasteiger partial charge in [-0.05, 0) is 44.2 Å². The van der Waals surface area contributed by atoms with E-state index in [1.165, 1.54) is 48.6 Å². The quantitative estimate of drug-likeness (QED) is 0.829. The number of fused-ring (bicyclic) bond motifs is 1. The summed E-state index contributed by atoms with van der Waals surface area (Å²) in [6, 6.07) is 1.26. The van der Waals surface area contributed by atoms with Crippen LogP contribution in [0.1, 0.15) is 52.7 Å². The molecule has 126 valence electrons. The van der Waals surface area contributed by atoms with Crippen LogP contribution in [0.2, 0.25) is 0 Å². The SMILES string of the molecule is CNC(=O)NC(=O)[C@@H](C)OC(=O)c1cc2c(s1)CCCCCC2. The van der Waals surface area contributed by atoms with Gasteiger partial charge in [0, 0.05) is 11.9 Å². The molecule has 3 amide bonds. The van der Waals surface area contributed by atoms with Crippen LogP contribution in [0.5, 0.6) is 0 Å². The summed E-state index contributed by atoms with van der Waals surface area (Å²) in [7, 11) is 1.40. The second-order valence-corrected chi connectivity index (χ2v) is 6.73. The summed E-state index contributed by atoms with van der Waals surface area (Å²) in [4.78, 5) is 36.8. The van der Waals surface area contributed by atoms with Gasteiger partial charge in [-0.15, -0.1) is 11.3 Å². The first kappa shape index (κ1) is 17.5. The van der Waals surface area contributed by atoms with E-state index in [0.29, 0.717) is 4.88 Å². The molecule has 0 radical (unpaired) electrons. The molecule has 0 bridgehead atoms. The lowest BCUT2D eigenvalue weighted by molar-refractivity contribution is -0.127. The third-order valence-corrected chi connectivity index (χ3v) is 5.03. The summed E-state index contributed by atoms with van der Waals surface area (Å²) in [5.41, 5.74) is 1.23. The first-order chi connectivity index (χ1) is 11.0. The number of imide groups is 1. The van der Waals surface area contributed by atoms with E-state index in [1.807, 2.05) is 6.07 Å². The molecule has 2 N–H and O–H groups in total. The lowest BCUT2D eigenvalue weighted by atomic mass is 10.00. The number of thiophene rings is 1. The van der Waals surface area contributed by atoms with Crippen molar-refractivity contribution in [3.63, 3.8) is 0 Å². The molecule has 0 aliphatic heterocycles. The number of nitrogens with one attached hydrogen (secondary N) is 2. The number of carbonyl (C=O) groups is 3. The first-order valence-electron chi connectivity index (χ1n) is 7.86. The van der Waals surface area contributed by atoms with Gasteiger partial charge in [0.1, 0.15) is 4.88 Å². The smallest absolute Gasteiger partial charge is 0.349 e.